The van der Waals surface area contributed by atoms with E-state index in [2.05, 4.69) is 27.9 Å². The van der Waals surface area contributed by atoms with E-state index in [9.17, 15) is 14.4 Å². The number of rotatable bonds is 8. The van der Waals surface area contributed by atoms with Crippen molar-refractivity contribution in [1.29, 1.82) is 0 Å². The highest BCUT2D eigenvalue weighted by molar-refractivity contribution is 14.1. The second-order valence-corrected chi connectivity index (χ2v) is 10.2. The number of imide groups is 1. The van der Waals surface area contributed by atoms with Gasteiger partial charge >= 0.3 is 5.97 Å². The molecule has 1 heterocycles. The van der Waals surface area contributed by atoms with Crippen LogP contribution in [0.5, 0.6) is 0 Å². The van der Waals surface area contributed by atoms with Crippen molar-refractivity contribution in [2.75, 3.05) is 16.8 Å². The Kier molecular flexibility index (Phi) is 7.92. The molecule has 178 valence electrons. The Morgan fingerprint density at radius 3 is 2.37 bits per heavy atom. The smallest absolute Gasteiger partial charge is 0.338 e. The maximum Gasteiger partial charge on any atom is 0.338 e. The summed E-state index contributed by atoms with van der Waals surface area (Å²) in [5, 5.41) is 3.21. The minimum atomic E-state index is -0.451. The summed E-state index contributed by atoms with van der Waals surface area (Å²) in [4.78, 5) is 41.5. The van der Waals surface area contributed by atoms with Gasteiger partial charge in [0.05, 0.1) is 17.9 Å². The van der Waals surface area contributed by atoms with Crippen LogP contribution in [0.4, 0.5) is 11.4 Å². The first-order chi connectivity index (χ1) is 16.9. The van der Waals surface area contributed by atoms with E-state index in [0.717, 1.165) is 31.0 Å². The number of nitrogens with one attached hydrogen (secondary N) is 1. The van der Waals surface area contributed by atoms with Gasteiger partial charge in [-0.3, -0.25) is 9.59 Å². The molecule has 1 aliphatic heterocycles. The van der Waals surface area contributed by atoms with Gasteiger partial charge in [-0.25, -0.2) is 9.69 Å². The zero-order valence-corrected chi connectivity index (χ0v) is 22.2. The minimum absolute atomic E-state index is 0.222. The van der Waals surface area contributed by atoms with Gasteiger partial charge in [0, 0.05) is 14.2 Å². The molecule has 0 saturated heterocycles. The van der Waals surface area contributed by atoms with Crippen LogP contribution in [0.3, 0.4) is 0 Å². The fraction of sp³-hybridized carbons (Fsp3) is 0.148. The number of halogens is 1. The monoisotopic (exact) mass is 598 g/mol. The second-order valence-electron chi connectivity index (χ2n) is 7.83. The quantitative estimate of drug-likeness (QED) is 0.190. The topological polar surface area (TPSA) is 75.7 Å². The average molecular weight is 598 g/mol. The molecule has 3 aromatic carbocycles. The molecule has 0 bridgehead atoms. The summed E-state index contributed by atoms with van der Waals surface area (Å²) >= 11 is 3.48. The highest BCUT2D eigenvalue weighted by Crippen LogP contribution is 2.38. The van der Waals surface area contributed by atoms with Crippen molar-refractivity contribution in [1.82, 2.24) is 0 Å². The second kappa shape index (κ2) is 11.1. The summed E-state index contributed by atoms with van der Waals surface area (Å²) < 4.78 is 6.24. The van der Waals surface area contributed by atoms with Gasteiger partial charge in [0.25, 0.3) is 11.8 Å². The van der Waals surface area contributed by atoms with Gasteiger partial charge in [0.2, 0.25) is 0 Å². The van der Waals surface area contributed by atoms with Crippen molar-refractivity contribution in [2.24, 2.45) is 0 Å². The van der Waals surface area contributed by atoms with Crippen LogP contribution in [-0.2, 0) is 14.3 Å². The first-order valence-corrected chi connectivity index (χ1v) is 12.9. The molecule has 0 spiro atoms. The van der Waals surface area contributed by atoms with Crippen molar-refractivity contribution >= 4 is 63.5 Å². The number of ether oxygens (including phenoxy) is 1. The third-order valence-corrected chi connectivity index (χ3v) is 7.01. The summed E-state index contributed by atoms with van der Waals surface area (Å²) in [6.07, 6.45) is 0.726. The maximum absolute atomic E-state index is 13.5. The Balaban J connectivity index is 1.67. The minimum Gasteiger partial charge on any atom is -0.462 e. The normalized spacial score (nSPS) is 13.4. The molecule has 1 N–H and O–H groups in total. The van der Waals surface area contributed by atoms with Crippen LogP contribution in [0.1, 0.15) is 29.3 Å². The predicted octanol–water partition coefficient (Wildman–Crippen LogP) is 6.16. The lowest BCUT2D eigenvalue weighted by molar-refractivity contribution is -0.120. The van der Waals surface area contributed by atoms with Crippen LogP contribution in [-0.4, -0.2) is 24.4 Å². The molecule has 8 heteroatoms. The fourth-order valence-corrected chi connectivity index (χ4v) is 5.08. The van der Waals surface area contributed by atoms with E-state index in [0.29, 0.717) is 22.8 Å². The lowest BCUT2D eigenvalue weighted by Crippen LogP contribution is -2.32. The van der Waals surface area contributed by atoms with Gasteiger partial charge in [-0.05, 0) is 96.1 Å². The molecule has 0 atom stereocenters. The molecule has 0 radical (unpaired) electrons. The first kappa shape index (κ1) is 25.0. The molecular weight excluding hydrogens is 575 g/mol. The zero-order chi connectivity index (χ0) is 24.9. The van der Waals surface area contributed by atoms with Gasteiger partial charge in [-0.2, -0.15) is 0 Å². The van der Waals surface area contributed by atoms with E-state index in [1.165, 1.54) is 11.8 Å². The van der Waals surface area contributed by atoms with Crippen LogP contribution < -0.4 is 10.2 Å². The standard InChI is InChI=1S/C27H23IN2O4S/c1-3-15-34-27(33)18-9-12-20(13-10-18)30-25(31)23(29-22-14-11-19(28)16-17(22)2)24(26(30)32)35-21-7-5-4-6-8-21/h4-14,16,29H,3,15H2,1-2H3. The molecule has 0 fully saturated rings. The number of carbonyl (C=O) groups excluding carboxylic acids is 3. The van der Waals surface area contributed by atoms with Crippen molar-refractivity contribution in [3.63, 3.8) is 0 Å². The highest BCUT2D eigenvalue weighted by Gasteiger charge is 2.40. The van der Waals surface area contributed by atoms with E-state index in [1.807, 2.05) is 62.4 Å². The lowest BCUT2D eigenvalue weighted by Gasteiger charge is -2.16. The molecule has 0 unspecified atom stereocenters. The van der Waals surface area contributed by atoms with Gasteiger partial charge < -0.3 is 10.1 Å². The van der Waals surface area contributed by atoms with E-state index in [4.69, 9.17) is 4.74 Å². The summed E-state index contributed by atoms with van der Waals surface area (Å²) in [5.74, 6) is -1.31. The van der Waals surface area contributed by atoms with E-state index < -0.39 is 17.8 Å². The molecule has 35 heavy (non-hydrogen) atoms. The van der Waals surface area contributed by atoms with Crippen LogP contribution >= 0.6 is 34.4 Å². The van der Waals surface area contributed by atoms with Gasteiger partial charge in [0.15, 0.2) is 0 Å². The molecule has 1 aliphatic rings. The number of nitrogens with zero attached hydrogens (tertiary/aromatic N) is 1. The number of anilines is 2. The molecule has 0 aromatic heterocycles. The number of carbonyl (C=O) groups is 3. The van der Waals surface area contributed by atoms with Crippen LogP contribution in [0, 0.1) is 10.5 Å². The number of esters is 1. The fourth-order valence-electron chi connectivity index (χ4n) is 3.48. The molecule has 0 aliphatic carbocycles. The van der Waals surface area contributed by atoms with Crippen LogP contribution in [0.25, 0.3) is 0 Å². The van der Waals surface area contributed by atoms with Crippen molar-refractivity contribution < 1.29 is 19.1 Å². The molecular formula is C27H23IN2O4S. The molecule has 0 saturated carbocycles. The predicted molar refractivity (Wildman–Crippen MR) is 146 cm³/mol. The Labute approximate surface area is 221 Å². The molecule has 2 amide bonds. The SMILES string of the molecule is CCCOC(=O)c1ccc(N2C(=O)C(Nc3ccc(I)cc3C)=C(Sc3ccccc3)C2=O)cc1. The van der Waals surface area contributed by atoms with Crippen molar-refractivity contribution in [3.8, 4) is 0 Å². The number of benzene rings is 3. The summed E-state index contributed by atoms with van der Waals surface area (Å²) in [6, 6.07) is 21.6. The Bertz CT molecular complexity index is 1310. The Morgan fingerprint density at radius 2 is 1.71 bits per heavy atom. The van der Waals surface area contributed by atoms with Crippen molar-refractivity contribution in [2.45, 2.75) is 25.2 Å². The first-order valence-electron chi connectivity index (χ1n) is 11.1. The van der Waals surface area contributed by atoms with Crippen LogP contribution in [0.15, 0.2) is 88.3 Å². The summed E-state index contributed by atoms with van der Waals surface area (Å²) in [5.41, 5.74) is 2.68. The van der Waals surface area contributed by atoms with Crippen LogP contribution in [0.2, 0.25) is 0 Å². The third kappa shape index (κ3) is 5.59. The van der Waals surface area contributed by atoms with E-state index in [-0.39, 0.29) is 5.70 Å². The number of amides is 2. The average Bonchev–Trinajstić information content (AvgIpc) is 3.08. The summed E-state index contributed by atoms with van der Waals surface area (Å²) in [6.45, 7) is 4.20. The molecule has 6 nitrogen and oxygen atoms in total. The number of hydrogen-bond donors (Lipinski definition) is 1. The summed E-state index contributed by atoms with van der Waals surface area (Å²) in [7, 11) is 0. The molecule has 3 aromatic rings. The van der Waals surface area contributed by atoms with Crippen molar-refractivity contribution in [3.05, 3.63) is 98.1 Å². The zero-order valence-electron chi connectivity index (χ0n) is 19.2. The van der Waals surface area contributed by atoms with Gasteiger partial charge in [-0.15, -0.1) is 0 Å². The lowest BCUT2D eigenvalue weighted by atomic mass is 10.2. The number of thioether (sulfide) groups is 1. The van der Waals surface area contributed by atoms with E-state index >= 15 is 0 Å². The maximum atomic E-state index is 13.5. The van der Waals surface area contributed by atoms with Gasteiger partial charge in [0.1, 0.15) is 10.6 Å². The number of hydrogen-bond acceptors (Lipinski definition) is 6. The highest BCUT2D eigenvalue weighted by atomic mass is 127. The third-order valence-electron chi connectivity index (χ3n) is 5.25. The van der Waals surface area contributed by atoms with Gasteiger partial charge in [-0.1, -0.05) is 36.9 Å². The molecule has 4 rings (SSSR count). The largest absolute Gasteiger partial charge is 0.462 e. The Morgan fingerprint density at radius 1 is 1.00 bits per heavy atom. The van der Waals surface area contributed by atoms with E-state index in [1.54, 1.807) is 24.3 Å². The Hall–Kier alpha value is -3.11. The number of aryl methyl sites for hydroxylation is 1.